The number of carbonyl (C=O) groups excluding carboxylic acids is 1. The Bertz CT molecular complexity index is 1470. The number of aryl methyl sites for hydroxylation is 1. The van der Waals surface area contributed by atoms with Gasteiger partial charge in [0.2, 0.25) is 0 Å². The molecule has 2 aromatic heterocycles. The molecule has 192 valence electrons. The minimum absolute atomic E-state index is 0.205. The number of fused-ring (bicyclic) bond motifs is 2. The first-order chi connectivity index (χ1) is 18.0. The predicted molar refractivity (Wildman–Crippen MR) is 133 cm³/mol. The van der Waals surface area contributed by atoms with E-state index in [1.807, 2.05) is 9.47 Å². The van der Waals surface area contributed by atoms with E-state index < -0.39 is 17.8 Å². The van der Waals surface area contributed by atoms with Crippen LogP contribution in [0.2, 0.25) is 0 Å². The summed E-state index contributed by atoms with van der Waals surface area (Å²) >= 11 is 0. The Morgan fingerprint density at radius 3 is 2.70 bits per heavy atom. The molecule has 1 fully saturated rings. The van der Waals surface area contributed by atoms with Crippen LogP contribution in [0.3, 0.4) is 0 Å². The number of morpholine rings is 1. The lowest BCUT2D eigenvalue weighted by molar-refractivity contribution is -0.146. The monoisotopic (exact) mass is 507 g/mol. The Morgan fingerprint density at radius 1 is 1.11 bits per heavy atom. The average Bonchev–Trinajstić information content (AvgIpc) is 3.62. The highest BCUT2D eigenvalue weighted by Gasteiger charge is 2.32. The molecular weight excluding hydrogens is 480 g/mol. The van der Waals surface area contributed by atoms with Crippen molar-refractivity contribution in [3.8, 4) is 11.1 Å². The smallest absolute Gasteiger partial charge is 0.337 e. The van der Waals surface area contributed by atoms with Crippen molar-refractivity contribution in [3.05, 3.63) is 65.9 Å². The van der Waals surface area contributed by atoms with Crippen molar-refractivity contribution in [2.24, 2.45) is 0 Å². The second-order valence-electron chi connectivity index (χ2n) is 9.29. The second-order valence-corrected chi connectivity index (χ2v) is 9.29. The fourth-order valence-electron chi connectivity index (χ4n) is 5.24. The van der Waals surface area contributed by atoms with E-state index in [2.05, 4.69) is 10.1 Å². The van der Waals surface area contributed by atoms with Crippen molar-refractivity contribution in [3.63, 3.8) is 0 Å². The molecule has 1 atom stereocenters. The van der Waals surface area contributed by atoms with E-state index >= 15 is 8.78 Å². The molecule has 4 aromatic rings. The SMILES string of the molecule is CCOC(=O)C(c1ncn2c1CCC2)n1cc2c(F)cc(-c3ccc(N4CCOCC4)c(F)c3)cc2n1. The van der Waals surface area contributed by atoms with Crippen LogP contribution in [-0.2, 0) is 27.2 Å². The summed E-state index contributed by atoms with van der Waals surface area (Å²) < 4.78 is 44.4. The summed E-state index contributed by atoms with van der Waals surface area (Å²) in [7, 11) is 0. The number of ether oxygens (including phenoxy) is 2. The molecule has 2 aliphatic heterocycles. The summed E-state index contributed by atoms with van der Waals surface area (Å²) in [4.78, 5) is 19.4. The van der Waals surface area contributed by atoms with Gasteiger partial charge in [0.1, 0.15) is 11.6 Å². The second kappa shape index (κ2) is 9.59. The number of hydrogen-bond acceptors (Lipinski definition) is 6. The summed E-state index contributed by atoms with van der Waals surface area (Å²) in [5, 5.41) is 4.83. The molecule has 37 heavy (non-hydrogen) atoms. The topological polar surface area (TPSA) is 74.4 Å². The van der Waals surface area contributed by atoms with Crippen molar-refractivity contribution in [1.82, 2.24) is 19.3 Å². The molecule has 1 unspecified atom stereocenters. The van der Waals surface area contributed by atoms with E-state index in [1.165, 1.54) is 23.0 Å². The molecule has 2 aliphatic rings. The van der Waals surface area contributed by atoms with Crippen LogP contribution in [0.15, 0.2) is 42.9 Å². The Balaban J connectivity index is 1.38. The van der Waals surface area contributed by atoms with Crippen molar-refractivity contribution in [1.29, 1.82) is 0 Å². The highest BCUT2D eigenvalue weighted by atomic mass is 19.1. The van der Waals surface area contributed by atoms with Gasteiger partial charge in [-0.25, -0.2) is 18.6 Å². The van der Waals surface area contributed by atoms with Gasteiger partial charge in [-0.05, 0) is 55.2 Å². The van der Waals surface area contributed by atoms with E-state index in [-0.39, 0.29) is 17.8 Å². The van der Waals surface area contributed by atoms with Crippen LogP contribution < -0.4 is 4.90 Å². The lowest BCUT2D eigenvalue weighted by atomic mass is 10.0. The number of carbonyl (C=O) groups is 1. The minimum Gasteiger partial charge on any atom is -0.464 e. The summed E-state index contributed by atoms with van der Waals surface area (Å²) in [6.45, 7) is 5.14. The molecular formula is C27H27F2N5O3. The van der Waals surface area contributed by atoms with Gasteiger partial charge in [-0.15, -0.1) is 0 Å². The van der Waals surface area contributed by atoms with Crippen LogP contribution in [0.1, 0.15) is 30.8 Å². The number of nitrogens with zero attached hydrogens (tertiary/aromatic N) is 5. The minimum atomic E-state index is -0.921. The average molecular weight is 508 g/mol. The fourth-order valence-corrected chi connectivity index (χ4v) is 5.24. The highest BCUT2D eigenvalue weighted by molar-refractivity contribution is 5.86. The summed E-state index contributed by atoms with van der Waals surface area (Å²) in [6.07, 6.45) is 5.01. The largest absolute Gasteiger partial charge is 0.464 e. The number of benzene rings is 2. The normalized spacial score (nSPS) is 16.2. The van der Waals surface area contributed by atoms with Crippen LogP contribution in [0.5, 0.6) is 0 Å². The van der Waals surface area contributed by atoms with E-state index in [1.54, 1.807) is 31.5 Å². The van der Waals surface area contributed by atoms with Crippen LogP contribution in [-0.4, -0.2) is 58.2 Å². The number of aromatic nitrogens is 4. The molecule has 0 saturated carbocycles. The van der Waals surface area contributed by atoms with E-state index in [0.29, 0.717) is 54.3 Å². The molecule has 6 rings (SSSR count). The zero-order valence-electron chi connectivity index (χ0n) is 20.5. The third kappa shape index (κ3) is 4.25. The Kier molecular flexibility index (Phi) is 6.11. The van der Waals surface area contributed by atoms with Gasteiger partial charge in [0.15, 0.2) is 6.04 Å². The molecule has 1 saturated heterocycles. The van der Waals surface area contributed by atoms with Gasteiger partial charge in [0.25, 0.3) is 0 Å². The molecule has 4 heterocycles. The van der Waals surface area contributed by atoms with Crippen LogP contribution in [0.4, 0.5) is 14.5 Å². The maximum atomic E-state index is 15.3. The van der Waals surface area contributed by atoms with Crippen molar-refractivity contribution in [2.45, 2.75) is 32.4 Å². The number of anilines is 1. The first-order valence-corrected chi connectivity index (χ1v) is 12.5. The zero-order valence-corrected chi connectivity index (χ0v) is 20.5. The van der Waals surface area contributed by atoms with Crippen LogP contribution >= 0.6 is 0 Å². The van der Waals surface area contributed by atoms with Gasteiger partial charge in [0, 0.05) is 31.5 Å². The summed E-state index contributed by atoms with van der Waals surface area (Å²) in [6, 6.07) is 7.06. The van der Waals surface area contributed by atoms with Crippen molar-refractivity contribution < 1.29 is 23.0 Å². The molecule has 0 amide bonds. The maximum absolute atomic E-state index is 15.3. The summed E-state index contributed by atoms with van der Waals surface area (Å²) in [5.74, 6) is -1.37. The van der Waals surface area contributed by atoms with Crippen molar-refractivity contribution in [2.75, 3.05) is 37.8 Å². The Labute approximate surface area is 212 Å². The van der Waals surface area contributed by atoms with Gasteiger partial charge in [-0.3, -0.25) is 4.68 Å². The number of rotatable bonds is 6. The number of imidazole rings is 1. The lowest BCUT2D eigenvalue weighted by Crippen LogP contribution is -2.36. The fraction of sp³-hybridized carbons (Fsp3) is 0.370. The highest BCUT2D eigenvalue weighted by Crippen LogP contribution is 2.32. The van der Waals surface area contributed by atoms with E-state index in [4.69, 9.17) is 9.47 Å². The standard InChI is InChI=1S/C27H27F2N5O3/c1-2-37-27(35)26(25-24-4-3-7-33(24)16-30-25)34-15-19-20(28)13-18(14-22(19)31-34)17-5-6-23(21(29)12-17)32-8-10-36-11-9-32/h5-6,12-16,26H,2-4,7-11H2,1H3. The Hall–Kier alpha value is -3.79. The predicted octanol–water partition coefficient (Wildman–Crippen LogP) is 4.11. The number of halogens is 2. The first-order valence-electron chi connectivity index (χ1n) is 12.5. The van der Waals surface area contributed by atoms with Gasteiger partial charge < -0.3 is 18.9 Å². The summed E-state index contributed by atoms with van der Waals surface area (Å²) in [5.41, 5.74) is 3.44. The molecule has 0 bridgehead atoms. The molecule has 0 radical (unpaired) electrons. The quantitative estimate of drug-likeness (QED) is 0.366. The van der Waals surface area contributed by atoms with Gasteiger partial charge in [-0.2, -0.15) is 5.10 Å². The van der Waals surface area contributed by atoms with Gasteiger partial charge >= 0.3 is 5.97 Å². The van der Waals surface area contributed by atoms with Crippen molar-refractivity contribution >= 4 is 22.6 Å². The number of hydrogen-bond donors (Lipinski definition) is 0. The van der Waals surface area contributed by atoms with E-state index in [0.717, 1.165) is 25.1 Å². The third-order valence-electron chi connectivity index (χ3n) is 7.05. The Morgan fingerprint density at radius 2 is 1.92 bits per heavy atom. The molecule has 0 spiro atoms. The lowest BCUT2D eigenvalue weighted by Gasteiger charge is -2.29. The zero-order chi connectivity index (χ0) is 25.5. The molecule has 8 nitrogen and oxygen atoms in total. The van der Waals surface area contributed by atoms with Crippen LogP contribution in [0, 0.1) is 11.6 Å². The molecule has 0 aliphatic carbocycles. The maximum Gasteiger partial charge on any atom is 0.337 e. The molecule has 10 heteroatoms. The number of esters is 1. The van der Waals surface area contributed by atoms with Crippen LogP contribution in [0.25, 0.3) is 22.0 Å². The van der Waals surface area contributed by atoms with E-state index in [9.17, 15) is 4.79 Å². The van der Waals surface area contributed by atoms with Gasteiger partial charge in [0.05, 0.1) is 48.4 Å². The first kappa shape index (κ1) is 23.6. The molecule has 0 N–H and O–H groups in total. The van der Waals surface area contributed by atoms with Gasteiger partial charge in [-0.1, -0.05) is 6.07 Å². The third-order valence-corrected chi connectivity index (χ3v) is 7.05. The molecule has 2 aromatic carbocycles.